The van der Waals surface area contributed by atoms with E-state index in [0.29, 0.717) is 0 Å². The molecule has 1 fully saturated rings. The molecule has 0 aromatic rings. The summed E-state index contributed by atoms with van der Waals surface area (Å²) < 4.78 is 10.2. The van der Waals surface area contributed by atoms with Gasteiger partial charge in [-0.15, -0.1) is 0 Å². The molecule has 1 heterocycles. The summed E-state index contributed by atoms with van der Waals surface area (Å²) in [7, 11) is 1.41. The van der Waals surface area contributed by atoms with Crippen molar-refractivity contribution in [2.24, 2.45) is 5.73 Å². The molecule has 0 unspecified atom stereocenters. The van der Waals surface area contributed by atoms with Gasteiger partial charge in [0.1, 0.15) is 12.2 Å². The van der Waals surface area contributed by atoms with Crippen molar-refractivity contribution in [2.75, 3.05) is 13.7 Å². The maximum Gasteiger partial charge on any atom is 0.175 e. The fourth-order valence-corrected chi connectivity index (χ4v) is 1.53. The summed E-state index contributed by atoms with van der Waals surface area (Å²) in [5.74, 6) is 0. The van der Waals surface area contributed by atoms with Gasteiger partial charge in [0.25, 0.3) is 0 Å². The Morgan fingerprint density at radius 3 is 2.50 bits per heavy atom. The van der Waals surface area contributed by atoms with Crippen LogP contribution in [0.2, 0.25) is 0 Å². The standard InChI is InChI=1S/C8H17NO5/c1-13-8-5(9)7(12)6(11)4(14-8)2-3-10/h4-8,10-12H,2-3,9H2,1H3/t4-,5-,6-,7-,8-/m1/s1. The van der Waals surface area contributed by atoms with Crippen LogP contribution in [-0.2, 0) is 9.47 Å². The number of rotatable bonds is 3. The Morgan fingerprint density at radius 2 is 2.00 bits per heavy atom. The number of methoxy groups -OCH3 is 1. The fraction of sp³-hybridized carbons (Fsp3) is 1.00. The number of aliphatic hydroxyl groups is 3. The van der Waals surface area contributed by atoms with Gasteiger partial charge < -0.3 is 30.5 Å². The summed E-state index contributed by atoms with van der Waals surface area (Å²) in [6, 6.07) is -0.773. The molecule has 1 saturated heterocycles. The monoisotopic (exact) mass is 207 g/mol. The molecule has 0 aliphatic carbocycles. The lowest BCUT2D eigenvalue weighted by atomic mass is 9.96. The zero-order valence-corrected chi connectivity index (χ0v) is 8.04. The molecule has 6 nitrogen and oxygen atoms in total. The molecule has 0 aromatic carbocycles. The molecule has 1 aliphatic rings. The van der Waals surface area contributed by atoms with Crippen LogP contribution in [0.1, 0.15) is 6.42 Å². The second-order valence-electron chi connectivity index (χ2n) is 3.35. The van der Waals surface area contributed by atoms with Crippen LogP contribution in [0.25, 0.3) is 0 Å². The molecule has 0 saturated carbocycles. The van der Waals surface area contributed by atoms with Crippen LogP contribution in [-0.4, -0.2) is 59.7 Å². The van der Waals surface area contributed by atoms with Gasteiger partial charge >= 0.3 is 0 Å². The Hall–Kier alpha value is -0.240. The van der Waals surface area contributed by atoms with E-state index in [1.54, 1.807) is 0 Å². The summed E-state index contributed by atoms with van der Waals surface area (Å²) in [6.07, 6.45) is -3.32. The summed E-state index contributed by atoms with van der Waals surface area (Å²) in [5, 5.41) is 27.8. The number of hydrogen-bond donors (Lipinski definition) is 4. The van der Waals surface area contributed by atoms with E-state index in [4.69, 9.17) is 20.3 Å². The highest BCUT2D eigenvalue weighted by Gasteiger charge is 2.42. The summed E-state index contributed by atoms with van der Waals surface area (Å²) in [5.41, 5.74) is 5.56. The molecule has 1 rings (SSSR count). The van der Waals surface area contributed by atoms with E-state index in [0.717, 1.165) is 0 Å². The van der Waals surface area contributed by atoms with Crippen LogP contribution >= 0.6 is 0 Å². The van der Waals surface area contributed by atoms with Crippen LogP contribution in [0.4, 0.5) is 0 Å². The largest absolute Gasteiger partial charge is 0.396 e. The Bertz CT molecular complexity index is 175. The highest BCUT2D eigenvalue weighted by Crippen LogP contribution is 2.21. The van der Waals surface area contributed by atoms with E-state index in [-0.39, 0.29) is 13.0 Å². The van der Waals surface area contributed by atoms with Crippen molar-refractivity contribution in [2.45, 2.75) is 37.1 Å². The van der Waals surface area contributed by atoms with Gasteiger partial charge in [0.05, 0.1) is 12.1 Å². The molecular weight excluding hydrogens is 190 g/mol. The van der Waals surface area contributed by atoms with Gasteiger partial charge in [-0.1, -0.05) is 0 Å². The fourth-order valence-electron chi connectivity index (χ4n) is 1.53. The van der Waals surface area contributed by atoms with Gasteiger partial charge in [-0.2, -0.15) is 0 Å². The van der Waals surface area contributed by atoms with Crippen LogP contribution in [0.15, 0.2) is 0 Å². The van der Waals surface area contributed by atoms with Crippen LogP contribution in [0.5, 0.6) is 0 Å². The molecule has 0 radical (unpaired) electrons. The summed E-state index contributed by atoms with van der Waals surface area (Å²) in [4.78, 5) is 0. The van der Waals surface area contributed by atoms with Crippen molar-refractivity contribution in [1.82, 2.24) is 0 Å². The van der Waals surface area contributed by atoms with Crippen molar-refractivity contribution >= 4 is 0 Å². The molecule has 14 heavy (non-hydrogen) atoms. The normalized spacial score (nSPS) is 43.9. The molecule has 1 aliphatic heterocycles. The minimum Gasteiger partial charge on any atom is -0.396 e. The van der Waals surface area contributed by atoms with Crippen molar-refractivity contribution < 1.29 is 24.8 Å². The molecule has 0 spiro atoms. The van der Waals surface area contributed by atoms with Gasteiger partial charge in [0, 0.05) is 13.7 Å². The number of hydrogen-bond acceptors (Lipinski definition) is 6. The van der Waals surface area contributed by atoms with E-state index < -0.39 is 30.6 Å². The lowest BCUT2D eigenvalue weighted by molar-refractivity contribution is -0.253. The minimum atomic E-state index is -1.09. The van der Waals surface area contributed by atoms with E-state index in [9.17, 15) is 10.2 Å². The zero-order valence-electron chi connectivity index (χ0n) is 8.04. The van der Waals surface area contributed by atoms with E-state index >= 15 is 0 Å². The van der Waals surface area contributed by atoms with Gasteiger partial charge in [0.2, 0.25) is 0 Å². The number of nitrogens with two attached hydrogens (primary N) is 1. The molecule has 6 heteroatoms. The first-order valence-corrected chi connectivity index (χ1v) is 4.52. The number of aliphatic hydroxyl groups excluding tert-OH is 3. The van der Waals surface area contributed by atoms with E-state index in [1.807, 2.05) is 0 Å². The first-order valence-electron chi connectivity index (χ1n) is 4.52. The van der Waals surface area contributed by atoms with Gasteiger partial charge in [0.15, 0.2) is 6.29 Å². The molecule has 0 aromatic heterocycles. The Morgan fingerprint density at radius 1 is 1.36 bits per heavy atom. The predicted molar refractivity (Wildman–Crippen MR) is 47.4 cm³/mol. The molecule has 0 amide bonds. The van der Waals surface area contributed by atoms with Gasteiger partial charge in [-0.25, -0.2) is 0 Å². The average Bonchev–Trinajstić information content (AvgIpc) is 2.19. The highest BCUT2D eigenvalue weighted by atomic mass is 16.7. The average molecular weight is 207 g/mol. The minimum absolute atomic E-state index is 0.125. The lowest BCUT2D eigenvalue weighted by Crippen LogP contribution is -2.61. The third kappa shape index (κ3) is 2.22. The molecule has 5 atom stereocenters. The van der Waals surface area contributed by atoms with Crippen LogP contribution in [0, 0.1) is 0 Å². The summed E-state index contributed by atoms with van der Waals surface area (Å²) >= 11 is 0. The smallest absolute Gasteiger partial charge is 0.175 e. The molecule has 0 bridgehead atoms. The Balaban J connectivity index is 2.63. The summed E-state index contributed by atoms with van der Waals surface area (Å²) in [6.45, 7) is -0.125. The third-order valence-corrected chi connectivity index (χ3v) is 2.39. The van der Waals surface area contributed by atoms with Crippen molar-refractivity contribution in [3.63, 3.8) is 0 Å². The van der Waals surface area contributed by atoms with Crippen molar-refractivity contribution in [1.29, 1.82) is 0 Å². The van der Waals surface area contributed by atoms with E-state index in [1.165, 1.54) is 7.11 Å². The highest BCUT2D eigenvalue weighted by molar-refractivity contribution is 4.91. The molecule has 84 valence electrons. The first-order chi connectivity index (χ1) is 6.61. The van der Waals surface area contributed by atoms with Crippen LogP contribution in [0.3, 0.4) is 0 Å². The molecular formula is C8H17NO5. The van der Waals surface area contributed by atoms with E-state index in [2.05, 4.69) is 0 Å². The van der Waals surface area contributed by atoms with Crippen LogP contribution < -0.4 is 5.73 Å². The first kappa shape index (κ1) is 11.8. The van der Waals surface area contributed by atoms with Gasteiger partial charge in [-0.05, 0) is 6.42 Å². The third-order valence-electron chi connectivity index (χ3n) is 2.39. The second-order valence-corrected chi connectivity index (χ2v) is 3.35. The zero-order chi connectivity index (χ0) is 10.7. The van der Waals surface area contributed by atoms with Gasteiger partial charge in [-0.3, -0.25) is 0 Å². The Labute approximate surface area is 82.2 Å². The number of ether oxygens (including phenoxy) is 2. The quantitative estimate of drug-likeness (QED) is 0.418. The second kappa shape index (κ2) is 5.01. The Kier molecular flexibility index (Phi) is 4.24. The lowest BCUT2D eigenvalue weighted by Gasteiger charge is -2.40. The SMILES string of the molecule is CO[C@@H]1O[C@H](CCO)[C@@H](O)[C@H](O)[C@H]1N. The molecule has 5 N–H and O–H groups in total. The topological polar surface area (TPSA) is 105 Å². The maximum absolute atomic E-state index is 9.53. The van der Waals surface area contributed by atoms with Crippen molar-refractivity contribution in [3.8, 4) is 0 Å². The van der Waals surface area contributed by atoms with Crippen molar-refractivity contribution in [3.05, 3.63) is 0 Å². The maximum atomic E-state index is 9.53. The predicted octanol–water partition coefficient (Wildman–Crippen LogP) is -2.21.